The Morgan fingerprint density at radius 3 is 2.11 bits per heavy atom. The van der Waals surface area contributed by atoms with Crippen molar-refractivity contribution in [3.8, 4) is 0 Å². The lowest BCUT2D eigenvalue weighted by Crippen LogP contribution is -2.00. The quantitative estimate of drug-likeness (QED) is 0.668. The molecule has 0 bridgehead atoms. The second-order valence-electron chi connectivity index (χ2n) is 3.72. The number of nitro benzene ring substituents is 2. The molecule has 8 heteroatoms. The first-order valence-corrected chi connectivity index (χ1v) is 5.00. The summed E-state index contributed by atoms with van der Waals surface area (Å²) in [5.41, 5.74) is -0.950. The molecule has 0 heterocycles. The van der Waals surface area contributed by atoms with Gasteiger partial charge in [-0.3, -0.25) is 20.2 Å². The summed E-state index contributed by atoms with van der Waals surface area (Å²) < 4.78 is 0. The summed E-state index contributed by atoms with van der Waals surface area (Å²) in [5.74, 6) is -1.33. The molecule has 0 unspecified atom stereocenters. The fourth-order valence-electron chi connectivity index (χ4n) is 1.74. The molecule has 2 aromatic rings. The van der Waals surface area contributed by atoms with Crippen LogP contribution in [0.2, 0.25) is 0 Å². The van der Waals surface area contributed by atoms with Crippen molar-refractivity contribution in [3.63, 3.8) is 0 Å². The molecule has 2 aromatic carbocycles. The van der Waals surface area contributed by atoms with Crippen LogP contribution in [0.15, 0.2) is 30.3 Å². The predicted molar refractivity (Wildman–Crippen MR) is 64.2 cm³/mol. The monoisotopic (exact) mass is 262 g/mol. The third-order valence-corrected chi connectivity index (χ3v) is 2.57. The van der Waals surface area contributed by atoms with Gasteiger partial charge in [0, 0.05) is 24.3 Å². The third-order valence-electron chi connectivity index (χ3n) is 2.57. The molecule has 19 heavy (non-hydrogen) atoms. The molecule has 0 aliphatic carbocycles. The van der Waals surface area contributed by atoms with Gasteiger partial charge in [0.25, 0.3) is 11.4 Å². The molecule has 0 saturated heterocycles. The van der Waals surface area contributed by atoms with Gasteiger partial charge in [0.15, 0.2) is 0 Å². The molecule has 0 radical (unpaired) electrons. The summed E-state index contributed by atoms with van der Waals surface area (Å²) in [6.07, 6.45) is 0. The Hall–Kier alpha value is -3.03. The number of fused-ring (bicyclic) bond motifs is 1. The van der Waals surface area contributed by atoms with Crippen LogP contribution in [0.25, 0.3) is 10.8 Å². The first-order valence-electron chi connectivity index (χ1n) is 5.00. The summed E-state index contributed by atoms with van der Waals surface area (Å²) >= 11 is 0. The maximum absolute atomic E-state index is 11.1. The van der Waals surface area contributed by atoms with E-state index in [-0.39, 0.29) is 22.0 Å². The van der Waals surface area contributed by atoms with E-state index in [1.165, 1.54) is 6.07 Å². The Balaban J connectivity index is 2.83. The molecule has 0 aliphatic rings. The van der Waals surface area contributed by atoms with Gasteiger partial charge < -0.3 is 5.11 Å². The number of hydrogen-bond acceptors (Lipinski definition) is 5. The van der Waals surface area contributed by atoms with Gasteiger partial charge in [0.1, 0.15) is 0 Å². The van der Waals surface area contributed by atoms with E-state index in [1.54, 1.807) is 0 Å². The largest absolute Gasteiger partial charge is 0.478 e. The molecule has 96 valence electrons. The zero-order valence-corrected chi connectivity index (χ0v) is 9.27. The van der Waals surface area contributed by atoms with Crippen LogP contribution in [0.4, 0.5) is 11.4 Å². The number of carboxylic acids is 1. The highest BCUT2D eigenvalue weighted by atomic mass is 16.6. The number of aromatic carboxylic acids is 1. The van der Waals surface area contributed by atoms with Crippen molar-refractivity contribution < 1.29 is 19.7 Å². The molecule has 0 fully saturated rings. The van der Waals surface area contributed by atoms with Crippen molar-refractivity contribution in [3.05, 3.63) is 56.1 Å². The lowest BCUT2D eigenvalue weighted by Gasteiger charge is -2.03. The topological polar surface area (TPSA) is 124 Å². The van der Waals surface area contributed by atoms with Crippen LogP contribution in [0.3, 0.4) is 0 Å². The molecule has 0 spiro atoms. The number of hydrogen-bond donors (Lipinski definition) is 1. The van der Waals surface area contributed by atoms with Gasteiger partial charge in [-0.1, -0.05) is 0 Å². The van der Waals surface area contributed by atoms with Gasteiger partial charge in [-0.15, -0.1) is 0 Å². The van der Waals surface area contributed by atoms with E-state index in [0.717, 1.165) is 24.3 Å². The molecule has 8 nitrogen and oxygen atoms in total. The summed E-state index contributed by atoms with van der Waals surface area (Å²) in [6, 6.07) is 5.56. The van der Waals surface area contributed by atoms with Gasteiger partial charge >= 0.3 is 5.97 Å². The highest BCUT2D eigenvalue weighted by Crippen LogP contribution is 2.28. The fraction of sp³-hybridized carbons (Fsp3) is 0. The number of carbonyl (C=O) groups is 1. The molecule has 0 saturated carbocycles. The molecular formula is C11H6N2O6. The van der Waals surface area contributed by atoms with Gasteiger partial charge in [-0.05, 0) is 16.8 Å². The van der Waals surface area contributed by atoms with Gasteiger partial charge in [-0.25, -0.2) is 4.79 Å². The summed E-state index contributed by atoms with van der Waals surface area (Å²) in [5, 5.41) is 30.7. The smallest absolute Gasteiger partial charge is 0.336 e. The van der Waals surface area contributed by atoms with E-state index < -0.39 is 21.5 Å². The molecule has 0 amide bonds. The number of nitrogens with zero attached hydrogens (tertiary/aromatic N) is 2. The zero-order valence-electron chi connectivity index (χ0n) is 9.27. The second-order valence-corrected chi connectivity index (χ2v) is 3.72. The lowest BCUT2D eigenvalue weighted by atomic mass is 10.0. The van der Waals surface area contributed by atoms with E-state index in [0.29, 0.717) is 0 Å². The maximum atomic E-state index is 11.1. The number of benzene rings is 2. The summed E-state index contributed by atoms with van der Waals surface area (Å²) in [6.45, 7) is 0. The Morgan fingerprint density at radius 1 is 1.00 bits per heavy atom. The normalized spacial score (nSPS) is 10.3. The predicted octanol–water partition coefficient (Wildman–Crippen LogP) is 2.35. The fourth-order valence-corrected chi connectivity index (χ4v) is 1.74. The first-order chi connectivity index (χ1) is 8.90. The van der Waals surface area contributed by atoms with Gasteiger partial charge in [0.2, 0.25) is 0 Å². The minimum atomic E-state index is -1.33. The van der Waals surface area contributed by atoms with Gasteiger partial charge in [-0.2, -0.15) is 0 Å². The van der Waals surface area contributed by atoms with Crippen LogP contribution in [-0.2, 0) is 0 Å². The average molecular weight is 262 g/mol. The van der Waals surface area contributed by atoms with Crippen molar-refractivity contribution in [2.75, 3.05) is 0 Å². The maximum Gasteiger partial charge on any atom is 0.336 e. The van der Waals surface area contributed by atoms with Gasteiger partial charge in [0.05, 0.1) is 15.4 Å². The van der Waals surface area contributed by atoms with Crippen molar-refractivity contribution >= 4 is 28.1 Å². The Bertz CT molecular complexity index is 719. The van der Waals surface area contributed by atoms with Crippen LogP contribution in [0.1, 0.15) is 10.4 Å². The van der Waals surface area contributed by atoms with Crippen molar-refractivity contribution in [1.29, 1.82) is 0 Å². The van der Waals surface area contributed by atoms with E-state index in [4.69, 9.17) is 5.11 Å². The van der Waals surface area contributed by atoms with Crippen LogP contribution >= 0.6 is 0 Å². The minimum absolute atomic E-state index is 0.140. The molecule has 0 aromatic heterocycles. The molecule has 1 N–H and O–H groups in total. The first kappa shape index (κ1) is 12.4. The molecular weight excluding hydrogens is 256 g/mol. The average Bonchev–Trinajstić information content (AvgIpc) is 2.36. The molecule has 2 rings (SSSR count). The number of rotatable bonds is 3. The van der Waals surface area contributed by atoms with Crippen LogP contribution < -0.4 is 0 Å². The standard InChI is InChI=1S/C11H6N2O6/c14-11(15)10-5-8(13(18)19)4-6-3-7(12(16)17)1-2-9(6)10/h1-5H,(H,14,15). The zero-order chi connectivity index (χ0) is 14.2. The van der Waals surface area contributed by atoms with Crippen molar-refractivity contribution in [1.82, 2.24) is 0 Å². The van der Waals surface area contributed by atoms with Crippen LogP contribution in [0, 0.1) is 20.2 Å². The Labute approximate surface area is 105 Å². The highest BCUT2D eigenvalue weighted by Gasteiger charge is 2.18. The molecule has 0 atom stereocenters. The highest BCUT2D eigenvalue weighted by molar-refractivity contribution is 6.05. The number of non-ortho nitro benzene ring substituents is 2. The number of carboxylic acid groups (broad SMARTS) is 1. The second kappa shape index (κ2) is 4.33. The lowest BCUT2D eigenvalue weighted by molar-refractivity contribution is -0.385. The van der Waals surface area contributed by atoms with Crippen molar-refractivity contribution in [2.45, 2.75) is 0 Å². The number of nitro groups is 2. The minimum Gasteiger partial charge on any atom is -0.478 e. The van der Waals surface area contributed by atoms with Crippen LogP contribution in [-0.4, -0.2) is 20.9 Å². The van der Waals surface area contributed by atoms with Crippen LogP contribution in [0.5, 0.6) is 0 Å². The SMILES string of the molecule is O=C(O)c1cc([N+](=O)[O-])cc2cc([N+](=O)[O-])ccc12. The Kier molecular flexibility index (Phi) is 2.83. The van der Waals surface area contributed by atoms with Crippen molar-refractivity contribution in [2.24, 2.45) is 0 Å². The third kappa shape index (κ3) is 2.18. The summed E-state index contributed by atoms with van der Waals surface area (Å²) in [4.78, 5) is 31.0. The summed E-state index contributed by atoms with van der Waals surface area (Å²) in [7, 11) is 0. The van der Waals surface area contributed by atoms with E-state index in [2.05, 4.69) is 0 Å². The Morgan fingerprint density at radius 2 is 1.58 bits per heavy atom. The van der Waals surface area contributed by atoms with E-state index >= 15 is 0 Å². The van der Waals surface area contributed by atoms with E-state index in [9.17, 15) is 25.0 Å². The molecule has 0 aliphatic heterocycles. The van der Waals surface area contributed by atoms with E-state index in [1.807, 2.05) is 0 Å².